The van der Waals surface area contributed by atoms with Gasteiger partial charge in [-0.2, -0.15) is 13.2 Å². The average molecular weight is 404 g/mol. The highest BCUT2D eigenvalue weighted by Gasteiger charge is 2.34. The normalized spacial score (nSPS) is 12.4. The zero-order valence-corrected chi connectivity index (χ0v) is 13.1. The van der Waals surface area contributed by atoms with Crippen LogP contribution in [-0.2, 0) is 16.2 Å². The summed E-state index contributed by atoms with van der Waals surface area (Å²) in [6.45, 7) is 0. The molecule has 114 valence electrons. The maximum Gasteiger partial charge on any atom is 0.419 e. The van der Waals surface area contributed by atoms with Crippen LogP contribution in [0.1, 0.15) is 5.56 Å². The molecule has 0 aliphatic rings. The molecule has 1 N–H and O–H groups in total. The van der Waals surface area contributed by atoms with Crippen LogP contribution in [-0.4, -0.2) is 8.42 Å². The third-order valence-electron chi connectivity index (χ3n) is 2.35. The lowest BCUT2D eigenvalue weighted by Gasteiger charge is -2.11. The molecule has 0 unspecified atom stereocenters. The van der Waals surface area contributed by atoms with Gasteiger partial charge in [-0.1, -0.05) is 0 Å². The minimum atomic E-state index is -4.91. The van der Waals surface area contributed by atoms with Crippen molar-refractivity contribution >= 4 is 43.0 Å². The smallest absolute Gasteiger partial charge is 0.279 e. The minimum absolute atomic E-state index is 0.0830. The highest BCUT2D eigenvalue weighted by molar-refractivity contribution is 9.10. The van der Waals surface area contributed by atoms with Gasteiger partial charge in [-0.3, -0.25) is 4.72 Å². The summed E-state index contributed by atoms with van der Waals surface area (Å²) in [7, 11) is -4.04. The summed E-state index contributed by atoms with van der Waals surface area (Å²) in [5, 5.41) is 1.50. The molecule has 0 aliphatic carbocycles. The van der Waals surface area contributed by atoms with Crippen molar-refractivity contribution in [2.75, 3.05) is 4.72 Å². The van der Waals surface area contributed by atoms with E-state index in [1.54, 1.807) is 0 Å². The molecule has 0 spiro atoms. The maximum atomic E-state index is 13.1. The van der Waals surface area contributed by atoms with Crippen LogP contribution in [0.4, 0.5) is 23.2 Å². The van der Waals surface area contributed by atoms with Crippen LogP contribution < -0.4 is 4.72 Å². The Kier molecular flexibility index (Phi) is 4.31. The van der Waals surface area contributed by atoms with Crippen LogP contribution in [0.15, 0.2) is 38.3 Å². The minimum Gasteiger partial charge on any atom is -0.279 e. The first-order chi connectivity index (χ1) is 9.61. The van der Waals surface area contributed by atoms with Gasteiger partial charge in [-0.25, -0.2) is 12.8 Å². The summed E-state index contributed by atoms with van der Waals surface area (Å²) < 4.78 is 77.1. The van der Waals surface area contributed by atoms with Gasteiger partial charge in [0.05, 0.1) is 5.56 Å². The van der Waals surface area contributed by atoms with E-state index in [-0.39, 0.29) is 14.4 Å². The van der Waals surface area contributed by atoms with Crippen LogP contribution in [0.2, 0.25) is 0 Å². The highest BCUT2D eigenvalue weighted by Crippen LogP contribution is 2.34. The van der Waals surface area contributed by atoms with Crippen LogP contribution in [0.3, 0.4) is 0 Å². The predicted molar refractivity (Wildman–Crippen MR) is 74.2 cm³/mol. The summed E-state index contributed by atoms with van der Waals surface area (Å²) in [4.78, 5) is 0. The van der Waals surface area contributed by atoms with Gasteiger partial charge in [0.1, 0.15) is 5.82 Å². The topological polar surface area (TPSA) is 46.2 Å². The van der Waals surface area contributed by atoms with E-state index >= 15 is 0 Å². The molecule has 0 bridgehead atoms. The first kappa shape index (κ1) is 16.2. The molecule has 1 heterocycles. The molecule has 0 saturated heterocycles. The Labute approximate surface area is 129 Å². The second-order valence-corrected chi connectivity index (χ2v) is 7.50. The van der Waals surface area contributed by atoms with E-state index in [9.17, 15) is 26.0 Å². The number of alkyl halides is 3. The summed E-state index contributed by atoms with van der Waals surface area (Å²) >= 11 is 3.92. The van der Waals surface area contributed by atoms with Crippen molar-refractivity contribution in [2.45, 2.75) is 10.4 Å². The van der Waals surface area contributed by atoms with E-state index in [1.165, 1.54) is 11.4 Å². The van der Waals surface area contributed by atoms with Crippen molar-refractivity contribution < 1.29 is 26.0 Å². The standard InChI is InChI=1S/C11H6BrF4NO2S2/c12-8-3-4-20-10(8)21(18,19)17-6-1-2-9(13)7(5-6)11(14,15)16/h1-5,17H. The van der Waals surface area contributed by atoms with Gasteiger partial charge >= 0.3 is 6.18 Å². The van der Waals surface area contributed by atoms with Crippen molar-refractivity contribution in [2.24, 2.45) is 0 Å². The van der Waals surface area contributed by atoms with Gasteiger partial charge < -0.3 is 0 Å². The molecule has 0 saturated carbocycles. The Morgan fingerprint density at radius 2 is 1.86 bits per heavy atom. The monoisotopic (exact) mass is 403 g/mol. The molecule has 1 aromatic carbocycles. The summed E-state index contributed by atoms with van der Waals surface area (Å²) in [6.07, 6.45) is -4.91. The maximum absolute atomic E-state index is 13.1. The largest absolute Gasteiger partial charge is 0.419 e. The molecule has 21 heavy (non-hydrogen) atoms. The zero-order valence-electron chi connectivity index (χ0n) is 9.91. The molecule has 0 aliphatic heterocycles. The predicted octanol–water partition coefficient (Wildman–Crippen LogP) is 4.47. The van der Waals surface area contributed by atoms with Crippen LogP contribution >= 0.6 is 27.3 Å². The lowest BCUT2D eigenvalue weighted by atomic mass is 10.2. The molecule has 0 radical (unpaired) electrons. The summed E-state index contributed by atoms with van der Waals surface area (Å²) in [5.41, 5.74) is -1.91. The van der Waals surface area contributed by atoms with Crippen molar-refractivity contribution in [3.63, 3.8) is 0 Å². The van der Waals surface area contributed by atoms with E-state index in [1.807, 2.05) is 4.72 Å². The lowest BCUT2D eigenvalue weighted by Crippen LogP contribution is -2.14. The quantitative estimate of drug-likeness (QED) is 0.768. The third kappa shape index (κ3) is 3.55. The van der Waals surface area contributed by atoms with Crippen LogP contribution in [0, 0.1) is 5.82 Å². The summed E-state index contributed by atoms with van der Waals surface area (Å²) in [6, 6.07) is 3.38. The molecule has 0 fully saturated rings. The van der Waals surface area contributed by atoms with E-state index in [0.29, 0.717) is 12.1 Å². The highest BCUT2D eigenvalue weighted by atomic mass is 79.9. The number of sulfonamides is 1. The molecule has 0 amide bonds. The number of benzene rings is 1. The lowest BCUT2D eigenvalue weighted by molar-refractivity contribution is -0.139. The van der Waals surface area contributed by atoms with Crippen molar-refractivity contribution in [3.8, 4) is 0 Å². The van der Waals surface area contributed by atoms with Gasteiger partial charge in [0.25, 0.3) is 10.0 Å². The molecule has 2 rings (SSSR count). The zero-order chi connectivity index (χ0) is 15.8. The van der Waals surface area contributed by atoms with Gasteiger partial charge in [-0.15, -0.1) is 11.3 Å². The first-order valence-electron chi connectivity index (χ1n) is 5.24. The molecular formula is C11H6BrF4NO2S2. The Hall–Kier alpha value is -1.13. The van der Waals surface area contributed by atoms with Crippen LogP contribution in [0.25, 0.3) is 0 Å². The Morgan fingerprint density at radius 1 is 1.19 bits per heavy atom. The summed E-state index contributed by atoms with van der Waals surface area (Å²) in [5.74, 6) is -1.47. The Bertz CT molecular complexity index is 771. The SMILES string of the molecule is O=S(=O)(Nc1ccc(F)c(C(F)(F)F)c1)c1sccc1Br. The number of thiophene rings is 1. The van der Waals surface area contributed by atoms with Gasteiger partial charge in [0.2, 0.25) is 0 Å². The number of hydrogen-bond donors (Lipinski definition) is 1. The number of anilines is 1. The van der Waals surface area contributed by atoms with Crippen molar-refractivity contribution in [1.29, 1.82) is 0 Å². The van der Waals surface area contributed by atoms with Gasteiger partial charge in [0.15, 0.2) is 4.21 Å². The fraction of sp³-hybridized carbons (Fsp3) is 0.0909. The molecule has 0 atom stereocenters. The third-order valence-corrected chi connectivity index (χ3v) is 6.40. The molecule has 1 aromatic heterocycles. The molecular weight excluding hydrogens is 398 g/mol. The Balaban J connectivity index is 2.39. The first-order valence-corrected chi connectivity index (χ1v) is 8.39. The fourth-order valence-corrected chi connectivity index (χ4v) is 4.87. The number of halogens is 5. The van der Waals surface area contributed by atoms with Crippen molar-refractivity contribution in [3.05, 3.63) is 45.5 Å². The van der Waals surface area contributed by atoms with Gasteiger partial charge in [0, 0.05) is 10.2 Å². The van der Waals surface area contributed by atoms with Gasteiger partial charge in [-0.05, 0) is 45.6 Å². The molecule has 2 aromatic rings. The van der Waals surface area contributed by atoms with E-state index in [2.05, 4.69) is 15.9 Å². The second-order valence-electron chi connectivity index (χ2n) is 3.85. The molecule has 10 heteroatoms. The number of rotatable bonds is 3. The van der Waals surface area contributed by atoms with E-state index in [0.717, 1.165) is 17.4 Å². The fourth-order valence-electron chi connectivity index (χ4n) is 1.48. The number of hydrogen-bond acceptors (Lipinski definition) is 3. The molecule has 3 nitrogen and oxygen atoms in total. The Morgan fingerprint density at radius 3 is 2.38 bits per heavy atom. The number of nitrogens with one attached hydrogen (secondary N) is 1. The second kappa shape index (κ2) is 5.58. The average Bonchev–Trinajstić information content (AvgIpc) is 2.77. The van der Waals surface area contributed by atoms with E-state index < -0.39 is 27.6 Å². The van der Waals surface area contributed by atoms with Crippen LogP contribution in [0.5, 0.6) is 0 Å². The van der Waals surface area contributed by atoms with Crippen molar-refractivity contribution in [1.82, 2.24) is 0 Å². The van der Waals surface area contributed by atoms with E-state index in [4.69, 9.17) is 0 Å².